The van der Waals surface area contributed by atoms with Crippen LogP contribution in [0.4, 0.5) is 0 Å². The molecule has 6 nitrogen and oxygen atoms in total. The quantitative estimate of drug-likeness (QED) is 0.751. The smallest absolute Gasteiger partial charge is 0.378 e. The summed E-state index contributed by atoms with van der Waals surface area (Å²) in [4.78, 5) is 15.3. The lowest BCUT2D eigenvalue weighted by Gasteiger charge is -2.18. The molecule has 0 aromatic carbocycles. The second-order valence-electron chi connectivity index (χ2n) is 3.44. The zero-order valence-electron chi connectivity index (χ0n) is 9.33. The fourth-order valence-electron chi connectivity index (χ4n) is 0.915. The maximum absolute atomic E-state index is 11.3. The highest BCUT2D eigenvalue weighted by Crippen LogP contribution is 2.19. The summed E-state index contributed by atoms with van der Waals surface area (Å²) in [6, 6.07) is 0. The van der Waals surface area contributed by atoms with E-state index in [9.17, 15) is 4.79 Å². The number of carbonyl (C=O) groups is 1. The average Bonchev–Trinajstić information content (AvgIpc) is 2.67. The summed E-state index contributed by atoms with van der Waals surface area (Å²) in [7, 11) is 1.56. The van der Waals surface area contributed by atoms with Gasteiger partial charge in [-0.2, -0.15) is 0 Å². The molecule has 0 bridgehead atoms. The van der Waals surface area contributed by atoms with E-state index in [1.165, 1.54) is 0 Å². The van der Waals surface area contributed by atoms with E-state index in [0.29, 0.717) is 12.4 Å². The van der Waals surface area contributed by atoms with Crippen LogP contribution in [0.1, 0.15) is 37.2 Å². The molecule has 0 fully saturated rings. The maximum atomic E-state index is 11.3. The van der Waals surface area contributed by atoms with Crippen molar-refractivity contribution in [3.8, 4) is 0 Å². The third kappa shape index (κ3) is 2.53. The van der Waals surface area contributed by atoms with Crippen LogP contribution < -0.4 is 0 Å². The van der Waals surface area contributed by atoms with Crippen molar-refractivity contribution in [1.82, 2.24) is 15.2 Å². The molecular weight excluding hydrogens is 198 g/mol. The van der Waals surface area contributed by atoms with Crippen molar-refractivity contribution in [2.24, 2.45) is 0 Å². The van der Waals surface area contributed by atoms with Crippen LogP contribution >= 0.6 is 0 Å². The minimum absolute atomic E-state index is 0.0250. The van der Waals surface area contributed by atoms with Gasteiger partial charge in [0.2, 0.25) is 0 Å². The molecule has 1 rings (SSSR count). The number of methoxy groups -OCH3 is 1. The molecule has 0 saturated carbocycles. The molecule has 0 amide bonds. The summed E-state index contributed by atoms with van der Waals surface area (Å²) in [6.45, 7) is 5.67. The van der Waals surface area contributed by atoms with Crippen molar-refractivity contribution < 1.29 is 14.3 Å². The number of aromatic amines is 1. The van der Waals surface area contributed by atoms with Gasteiger partial charge in [0.15, 0.2) is 5.82 Å². The first-order valence-corrected chi connectivity index (χ1v) is 4.66. The monoisotopic (exact) mass is 213 g/mol. The number of nitrogens with zero attached hydrogens (tertiary/aromatic N) is 2. The Morgan fingerprint density at radius 3 is 2.73 bits per heavy atom. The van der Waals surface area contributed by atoms with Gasteiger partial charge >= 0.3 is 5.97 Å². The van der Waals surface area contributed by atoms with Gasteiger partial charge < -0.3 is 9.47 Å². The first-order valence-electron chi connectivity index (χ1n) is 4.66. The first kappa shape index (κ1) is 11.6. The Morgan fingerprint density at radius 2 is 2.20 bits per heavy atom. The summed E-state index contributed by atoms with van der Waals surface area (Å²) in [6.07, 6.45) is 0. The summed E-state index contributed by atoms with van der Waals surface area (Å²) >= 11 is 0. The minimum atomic E-state index is -0.599. The first-order chi connectivity index (χ1) is 7.01. The molecule has 15 heavy (non-hydrogen) atoms. The predicted octanol–water partition coefficient (Wildman–Crippen LogP) is 0.863. The van der Waals surface area contributed by atoms with E-state index < -0.39 is 11.6 Å². The molecule has 0 aliphatic rings. The largest absolute Gasteiger partial charge is 0.460 e. The standard InChI is InChI=1S/C9H15N3O3/c1-5-15-7(13)6-10-8(12-11-6)9(2,3)14-4/h5H2,1-4H3,(H,10,11,12). The van der Waals surface area contributed by atoms with Gasteiger partial charge in [-0.05, 0) is 20.8 Å². The van der Waals surface area contributed by atoms with Gasteiger partial charge in [0.1, 0.15) is 5.60 Å². The topological polar surface area (TPSA) is 77.1 Å². The highest BCUT2D eigenvalue weighted by Gasteiger charge is 2.25. The second-order valence-corrected chi connectivity index (χ2v) is 3.44. The molecule has 0 aliphatic carbocycles. The molecule has 1 aromatic rings. The summed E-state index contributed by atoms with van der Waals surface area (Å²) < 4.78 is 9.95. The SMILES string of the molecule is CCOC(=O)c1n[nH]c(C(C)(C)OC)n1. The summed E-state index contributed by atoms with van der Waals surface area (Å²) in [5.41, 5.74) is -0.599. The Morgan fingerprint density at radius 1 is 1.53 bits per heavy atom. The van der Waals surface area contributed by atoms with Crippen molar-refractivity contribution in [2.45, 2.75) is 26.4 Å². The van der Waals surface area contributed by atoms with Gasteiger partial charge in [-0.1, -0.05) is 0 Å². The van der Waals surface area contributed by atoms with Crippen LogP contribution in [0.15, 0.2) is 0 Å². The van der Waals surface area contributed by atoms with E-state index in [1.54, 1.807) is 14.0 Å². The number of ether oxygens (including phenoxy) is 2. The number of esters is 1. The molecule has 1 N–H and O–H groups in total. The third-order valence-corrected chi connectivity index (χ3v) is 2.02. The van der Waals surface area contributed by atoms with Crippen molar-refractivity contribution in [3.05, 3.63) is 11.6 Å². The van der Waals surface area contributed by atoms with Crippen molar-refractivity contribution in [1.29, 1.82) is 0 Å². The Labute approximate surface area is 88.0 Å². The van der Waals surface area contributed by atoms with Crippen molar-refractivity contribution >= 4 is 5.97 Å². The molecular formula is C9H15N3O3. The Balaban J connectivity index is 2.85. The molecule has 1 aromatic heterocycles. The lowest BCUT2D eigenvalue weighted by atomic mass is 10.1. The van der Waals surface area contributed by atoms with Crippen LogP contribution in [0.2, 0.25) is 0 Å². The molecule has 0 unspecified atom stereocenters. The van der Waals surface area contributed by atoms with Crippen LogP contribution in [-0.2, 0) is 15.1 Å². The highest BCUT2D eigenvalue weighted by molar-refractivity contribution is 5.84. The van der Waals surface area contributed by atoms with E-state index in [1.807, 2.05) is 13.8 Å². The van der Waals surface area contributed by atoms with Crippen LogP contribution in [-0.4, -0.2) is 34.9 Å². The van der Waals surface area contributed by atoms with E-state index in [-0.39, 0.29) is 5.82 Å². The van der Waals surface area contributed by atoms with Gasteiger partial charge in [0.25, 0.3) is 5.82 Å². The molecule has 0 atom stereocenters. The van der Waals surface area contributed by atoms with Gasteiger partial charge in [-0.15, -0.1) is 5.10 Å². The number of hydrogen-bond acceptors (Lipinski definition) is 5. The minimum Gasteiger partial charge on any atom is -0.460 e. The van der Waals surface area contributed by atoms with E-state index in [4.69, 9.17) is 9.47 Å². The van der Waals surface area contributed by atoms with Crippen LogP contribution in [0.25, 0.3) is 0 Å². The molecule has 0 aliphatic heterocycles. The van der Waals surface area contributed by atoms with E-state index in [2.05, 4.69) is 15.2 Å². The zero-order valence-corrected chi connectivity index (χ0v) is 9.33. The number of H-pyrrole nitrogens is 1. The van der Waals surface area contributed by atoms with Crippen molar-refractivity contribution in [2.75, 3.05) is 13.7 Å². The Hall–Kier alpha value is -1.43. The predicted molar refractivity (Wildman–Crippen MR) is 52.4 cm³/mol. The Bertz CT molecular complexity index is 346. The van der Waals surface area contributed by atoms with E-state index in [0.717, 1.165) is 0 Å². The molecule has 6 heteroatoms. The molecule has 0 saturated heterocycles. The second kappa shape index (κ2) is 4.39. The third-order valence-electron chi connectivity index (χ3n) is 2.02. The summed E-state index contributed by atoms with van der Waals surface area (Å²) in [5, 5.41) is 6.41. The van der Waals surface area contributed by atoms with Gasteiger partial charge in [-0.25, -0.2) is 9.78 Å². The molecule has 84 valence electrons. The molecule has 0 radical (unpaired) electrons. The van der Waals surface area contributed by atoms with Gasteiger partial charge in [-0.3, -0.25) is 5.10 Å². The number of nitrogens with one attached hydrogen (secondary N) is 1. The maximum Gasteiger partial charge on any atom is 0.378 e. The average molecular weight is 213 g/mol. The number of rotatable bonds is 4. The molecule has 1 heterocycles. The Kier molecular flexibility index (Phi) is 3.41. The lowest BCUT2D eigenvalue weighted by Crippen LogP contribution is -2.21. The van der Waals surface area contributed by atoms with E-state index >= 15 is 0 Å². The highest BCUT2D eigenvalue weighted by atomic mass is 16.5. The number of carbonyl (C=O) groups excluding carboxylic acids is 1. The lowest BCUT2D eigenvalue weighted by molar-refractivity contribution is 0.0117. The fraction of sp³-hybridized carbons (Fsp3) is 0.667. The number of aromatic nitrogens is 3. The van der Waals surface area contributed by atoms with Gasteiger partial charge in [0, 0.05) is 7.11 Å². The summed E-state index contributed by atoms with van der Waals surface area (Å²) in [5.74, 6) is -0.0167. The van der Waals surface area contributed by atoms with Crippen LogP contribution in [0.3, 0.4) is 0 Å². The number of hydrogen-bond donors (Lipinski definition) is 1. The van der Waals surface area contributed by atoms with Crippen molar-refractivity contribution in [3.63, 3.8) is 0 Å². The zero-order chi connectivity index (χ0) is 11.5. The van der Waals surface area contributed by atoms with Crippen LogP contribution in [0, 0.1) is 0 Å². The van der Waals surface area contributed by atoms with Crippen LogP contribution in [0.5, 0.6) is 0 Å². The fourth-order valence-corrected chi connectivity index (χ4v) is 0.915. The molecule has 0 spiro atoms. The normalized spacial score (nSPS) is 11.5. The van der Waals surface area contributed by atoms with Gasteiger partial charge in [0.05, 0.1) is 6.61 Å².